The molecule has 2 fully saturated rings. The Kier molecular flexibility index (Phi) is 8.78. The molecule has 8 nitrogen and oxygen atoms in total. The maximum atomic E-state index is 15.0. The van der Waals surface area contributed by atoms with Crippen LogP contribution in [0.15, 0.2) is 54.6 Å². The number of nitrogens with zero attached hydrogens (tertiary/aromatic N) is 3. The summed E-state index contributed by atoms with van der Waals surface area (Å²) in [4.78, 5) is 18.2. The Hall–Kier alpha value is -3.73. The maximum absolute atomic E-state index is 15.0. The van der Waals surface area contributed by atoms with Crippen LogP contribution in [0.25, 0.3) is 11.0 Å². The van der Waals surface area contributed by atoms with Crippen LogP contribution in [0.4, 0.5) is 8.78 Å². The molecule has 0 spiro atoms. The minimum atomic E-state index is -1.01. The maximum Gasteiger partial charge on any atom is 0.307 e. The van der Waals surface area contributed by atoms with Crippen molar-refractivity contribution in [1.29, 1.82) is 0 Å². The van der Waals surface area contributed by atoms with Gasteiger partial charge in [0.1, 0.15) is 29.8 Å². The highest BCUT2D eigenvalue weighted by molar-refractivity contribution is 6.30. The molecule has 0 unspecified atom stereocenters. The van der Waals surface area contributed by atoms with E-state index >= 15 is 0 Å². The van der Waals surface area contributed by atoms with Crippen LogP contribution in [-0.2, 0) is 35.6 Å². The fraction of sp³-hybridized carbons (Fsp3) is 0.375. The largest absolute Gasteiger partial charge is 0.490 e. The summed E-state index contributed by atoms with van der Waals surface area (Å²) in [5, 5.41) is 9.54. The lowest BCUT2D eigenvalue weighted by atomic mass is 10.1. The van der Waals surface area contributed by atoms with Crippen molar-refractivity contribution in [1.82, 2.24) is 14.5 Å². The van der Waals surface area contributed by atoms with Gasteiger partial charge in [0.05, 0.1) is 31.1 Å². The molecule has 1 aromatic heterocycles. The van der Waals surface area contributed by atoms with Crippen molar-refractivity contribution in [3.8, 4) is 11.5 Å². The molecular formula is C32H32ClF2N3O5. The smallest absolute Gasteiger partial charge is 0.307 e. The van der Waals surface area contributed by atoms with Gasteiger partial charge in [-0.25, -0.2) is 13.8 Å². The normalized spacial score (nSPS) is 17.6. The Morgan fingerprint density at radius 1 is 1.05 bits per heavy atom. The zero-order chi connectivity index (χ0) is 29.9. The van der Waals surface area contributed by atoms with Gasteiger partial charge in [-0.15, -0.1) is 0 Å². The number of hydrogen-bond acceptors (Lipinski definition) is 6. The molecule has 226 valence electrons. The third kappa shape index (κ3) is 7.09. The van der Waals surface area contributed by atoms with Crippen LogP contribution in [0, 0.1) is 11.6 Å². The number of carbonyl (C=O) groups is 1. The van der Waals surface area contributed by atoms with Crippen LogP contribution < -0.4 is 9.47 Å². The number of ether oxygens (including phenoxy) is 3. The molecule has 3 heterocycles. The summed E-state index contributed by atoms with van der Waals surface area (Å²) in [7, 11) is 0. The van der Waals surface area contributed by atoms with E-state index in [1.54, 1.807) is 12.1 Å². The van der Waals surface area contributed by atoms with Gasteiger partial charge in [-0.1, -0.05) is 23.7 Å². The molecule has 1 N–H and O–H groups in total. The Balaban J connectivity index is 1.08. The first-order valence-electron chi connectivity index (χ1n) is 14.4. The Bertz CT molecular complexity index is 1620. The van der Waals surface area contributed by atoms with Crippen molar-refractivity contribution < 1.29 is 32.9 Å². The van der Waals surface area contributed by atoms with E-state index in [2.05, 4.69) is 9.88 Å². The SMILES string of the molecule is O=C(O)Cc1cc(F)c2nc(CN3CCC(Oc4cccc(COc5ccc(Cl)cc5F)c4)CC3)n(C[C@@H]3CCO3)c2c1. The second kappa shape index (κ2) is 12.9. The van der Waals surface area contributed by atoms with E-state index in [1.165, 1.54) is 18.2 Å². The summed E-state index contributed by atoms with van der Waals surface area (Å²) in [6.45, 7) is 3.54. The van der Waals surface area contributed by atoms with Gasteiger partial charge in [-0.2, -0.15) is 0 Å². The topological polar surface area (TPSA) is 86.0 Å². The molecule has 0 radical (unpaired) electrons. The van der Waals surface area contributed by atoms with Crippen molar-refractivity contribution in [2.24, 2.45) is 0 Å². The third-order valence-electron chi connectivity index (χ3n) is 7.87. The number of fused-ring (bicyclic) bond motifs is 1. The number of likely N-dealkylation sites (tertiary alicyclic amines) is 1. The summed E-state index contributed by atoms with van der Waals surface area (Å²) >= 11 is 5.82. The first kappa shape index (κ1) is 29.3. The molecule has 4 aromatic rings. The van der Waals surface area contributed by atoms with E-state index in [0.717, 1.165) is 49.5 Å². The number of aliphatic carboxylic acids is 1. The van der Waals surface area contributed by atoms with Gasteiger partial charge in [0.2, 0.25) is 0 Å². The van der Waals surface area contributed by atoms with E-state index in [9.17, 15) is 18.7 Å². The van der Waals surface area contributed by atoms with Gasteiger partial charge in [-0.3, -0.25) is 9.69 Å². The molecule has 2 aliphatic rings. The Labute approximate surface area is 252 Å². The Morgan fingerprint density at radius 2 is 1.86 bits per heavy atom. The van der Waals surface area contributed by atoms with Crippen LogP contribution in [-0.4, -0.2) is 57.4 Å². The predicted molar refractivity (Wildman–Crippen MR) is 156 cm³/mol. The quantitative estimate of drug-likeness (QED) is 0.222. The molecule has 1 atom stereocenters. The number of carboxylic acids is 1. The summed E-state index contributed by atoms with van der Waals surface area (Å²) in [5.74, 6) is -0.425. The Morgan fingerprint density at radius 3 is 2.58 bits per heavy atom. The van der Waals surface area contributed by atoms with Gasteiger partial charge < -0.3 is 23.9 Å². The fourth-order valence-corrected chi connectivity index (χ4v) is 5.72. The molecule has 43 heavy (non-hydrogen) atoms. The van der Waals surface area contributed by atoms with Gasteiger partial charge in [0.25, 0.3) is 0 Å². The van der Waals surface area contributed by atoms with Crippen LogP contribution >= 0.6 is 11.6 Å². The lowest BCUT2D eigenvalue weighted by Crippen LogP contribution is -2.39. The first-order valence-corrected chi connectivity index (χ1v) is 14.8. The number of carboxylic acid groups (broad SMARTS) is 1. The summed E-state index contributed by atoms with van der Waals surface area (Å²) in [6.07, 6.45) is 2.34. The van der Waals surface area contributed by atoms with E-state index in [-0.39, 0.29) is 36.5 Å². The van der Waals surface area contributed by atoms with Crippen molar-refractivity contribution in [2.75, 3.05) is 19.7 Å². The standard InChI is InChI=1S/C32H32ClF2N3O5/c33-22-4-5-29(26(34)16-22)42-19-20-2-1-3-24(12-20)43-23-6-9-37(10-7-23)18-30-36-32-27(35)13-21(15-31(39)40)14-28(32)38(30)17-25-8-11-41-25/h1-5,12-14,16,23,25H,6-11,15,17-19H2,(H,39,40)/t25-/m0/s1. The van der Waals surface area contributed by atoms with Crippen LogP contribution in [0.2, 0.25) is 5.02 Å². The molecule has 11 heteroatoms. The first-order chi connectivity index (χ1) is 20.8. The number of piperidine rings is 1. The van der Waals surface area contributed by atoms with Gasteiger partial charge >= 0.3 is 5.97 Å². The third-order valence-corrected chi connectivity index (χ3v) is 8.11. The lowest BCUT2D eigenvalue weighted by Gasteiger charge is -2.32. The van der Waals surface area contributed by atoms with Crippen molar-refractivity contribution >= 4 is 28.6 Å². The molecular weight excluding hydrogens is 580 g/mol. The average Bonchev–Trinajstić information content (AvgIpc) is 3.28. The summed E-state index contributed by atoms with van der Waals surface area (Å²) < 4.78 is 48.6. The number of hydrogen-bond donors (Lipinski definition) is 1. The molecule has 2 aliphatic heterocycles. The van der Waals surface area contributed by atoms with Crippen molar-refractivity contribution in [3.05, 3.63) is 88.2 Å². The molecule has 2 saturated heterocycles. The summed E-state index contributed by atoms with van der Waals surface area (Å²) in [6, 6.07) is 14.9. The van der Waals surface area contributed by atoms with Crippen LogP contribution in [0.1, 0.15) is 36.2 Å². The lowest BCUT2D eigenvalue weighted by molar-refractivity contribution is -0.136. The minimum Gasteiger partial charge on any atom is -0.490 e. The van der Waals surface area contributed by atoms with Gasteiger partial charge in [-0.05, 0) is 72.9 Å². The molecule has 0 aliphatic carbocycles. The number of aromatic nitrogens is 2. The summed E-state index contributed by atoms with van der Waals surface area (Å²) in [5.41, 5.74) is 2.12. The van der Waals surface area contributed by atoms with Gasteiger partial charge in [0.15, 0.2) is 17.4 Å². The fourth-order valence-electron chi connectivity index (χ4n) is 5.56. The number of benzene rings is 3. The number of halogens is 3. The van der Waals surface area contributed by atoms with E-state index in [1.807, 2.05) is 28.8 Å². The van der Waals surface area contributed by atoms with Crippen LogP contribution in [0.5, 0.6) is 11.5 Å². The van der Waals surface area contributed by atoms with Crippen LogP contribution in [0.3, 0.4) is 0 Å². The second-order valence-corrected chi connectivity index (χ2v) is 11.5. The van der Waals surface area contributed by atoms with Crippen molar-refractivity contribution in [2.45, 2.75) is 57.6 Å². The molecule has 0 amide bonds. The zero-order valence-electron chi connectivity index (χ0n) is 23.5. The molecule has 3 aromatic carbocycles. The number of imidazole rings is 1. The van der Waals surface area contributed by atoms with Crippen molar-refractivity contribution in [3.63, 3.8) is 0 Å². The zero-order valence-corrected chi connectivity index (χ0v) is 24.2. The van der Waals surface area contributed by atoms with E-state index in [0.29, 0.717) is 35.8 Å². The highest BCUT2D eigenvalue weighted by Crippen LogP contribution is 2.28. The molecule has 0 saturated carbocycles. The second-order valence-electron chi connectivity index (χ2n) is 11.0. The minimum absolute atomic E-state index is 0.0272. The predicted octanol–water partition coefficient (Wildman–Crippen LogP) is 6.01. The highest BCUT2D eigenvalue weighted by atomic mass is 35.5. The monoisotopic (exact) mass is 611 g/mol. The highest BCUT2D eigenvalue weighted by Gasteiger charge is 2.26. The molecule has 6 rings (SSSR count). The van der Waals surface area contributed by atoms with E-state index < -0.39 is 17.6 Å². The number of rotatable bonds is 11. The average molecular weight is 612 g/mol. The molecule has 0 bridgehead atoms. The van der Waals surface area contributed by atoms with Gasteiger partial charge in [0, 0.05) is 24.7 Å². The van der Waals surface area contributed by atoms with E-state index in [4.69, 9.17) is 25.8 Å².